The normalized spacial score (nSPS) is 21.4. The van der Waals surface area contributed by atoms with Crippen LogP contribution in [0.4, 0.5) is 0 Å². The Bertz CT molecular complexity index is 300. The number of ether oxygens (including phenoxy) is 1. The van der Waals surface area contributed by atoms with Crippen LogP contribution in [0.15, 0.2) is 0 Å². The highest BCUT2D eigenvalue weighted by Crippen LogP contribution is 2.34. The molecule has 0 spiro atoms. The molecule has 0 aromatic heterocycles. The first kappa shape index (κ1) is 15.4. The second-order valence-corrected chi connectivity index (χ2v) is 6.25. The van der Waals surface area contributed by atoms with Gasteiger partial charge in [0, 0.05) is 19.2 Å². The lowest BCUT2D eigenvalue weighted by molar-refractivity contribution is -0.146. The Hall–Kier alpha value is -0.610. The molecule has 0 radical (unpaired) electrons. The first-order valence-corrected chi connectivity index (χ1v) is 6.77. The van der Waals surface area contributed by atoms with E-state index in [1.165, 1.54) is 0 Å². The summed E-state index contributed by atoms with van der Waals surface area (Å²) in [5.74, 6) is 0.224. The van der Waals surface area contributed by atoms with E-state index >= 15 is 0 Å². The summed E-state index contributed by atoms with van der Waals surface area (Å²) in [5.41, 5.74) is -0.664. The topological polar surface area (TPSA) is 41.6 Å². The first-order chi connectivity index (χ1) is 8.28. The van der Waals surface area contributed by atoms with Crippen molar-refractivity contribution in [3.8, 4) is 0 Å². The van der Waals surface area contributed by atoms with Gasteiger partial charge in [-0.25, -0.2) is 0 Å². The van der Waals surface area contributed by atoms with E-state index in [9.17, 15) is 4.79 Å². The van der Waals surface area contributed by atoms with E-state index < -0.39 is 5.41 Å². The van der Waals surface area contributed by atoms with Gasteiger partial charge in [0.2, 0.25) is 5.91 Å². The summed E-state index contributed by atoms with van der Waals surface area (Å²) < 4.78 is 5.22. The predicted octanol–water partition coefficient (Wildman–Crippen LogP) is 1.65. The van der Waals surface area contributed by atoms with E-state index in [1.807, 2.05) is 25.8 Å². The van der Waals surface area contributed by atoms with Gasteiger partial charge in [-0.15, -0.1) is 0 Å². The summed E-state index contributed by atoms with van der Waals surface area (Å²) in [6, 6.07) is 0.245. The average Bonchev–Trinajstić information content (AvgIpc) is 2.76. The molecule has 0 aromatic rings. The number of likely N-dealkylation sites (tertiary alicyclic amines) is 1. The van der Waals surface area contributed by atoms with Gasteiger partial charge in [0.25, 0.3) is 0 Å². The van der Waals surface area contributed by atoms with Crippen molar-refractivity contribution >= 4 is 5.91 Å². The van der Waals surface area contributed by atoms with Crippen LogP contribution in [0.3, 0.4) is 0 Å². The van der Waals surface area contributed by atoms with Crippen LogP contribution in [0, 0.1) is 5.41 Å². The molecule has 1 fully saturated rings. The van der Waals surface area contributed by atoms with Crippen molar-refractivity contribution < 1.29 is 9.53 Å². The van der Waals surface area contributed by atoms with Crippen molar-refractivity contribution in [1.29, 1.82) is 0 Å². The molecule has 1 heterocycles. The predicted molar refractivity (Wildman–Crippen MR) is 73.5 cm³/mol. The fourth-order valence-corrected chi connectivity index (χ4v) is 2.41. The lowest BCUT2D eigenvalue weighted by atomic mass is 9.73. The first-order valence-electron chi connectivity index (χ1n) is 6.77. The monoisotopic (exact) mass is 256 g/mol. The highest BCUT2D eigenvalue weighted by molar-refractivity contribution is 5.84. The molecule has 0 saturated carbocycles. The number of rotatable bonds is 5. The van der Waals surface area contributed by atoms with Gasteiger partial charge in [0.1, 0.15) is 0 Å². The van der Waals surface area contributed by atoms with Crippen LogP contribution in [0.1, 0.15) is 40.5 Å². The van der Waals surface area contributed by atoms with Crippen LogP contribution in [-0.2, 0) is 9.53 Å². The van der Waals surface area contributed by atoms with E-state index in [0.29, 0.717) is 6.61 Å². The molecule has 4 nitrogen and oxygen atoms in total. The maximum atomic E-state index is 12.8. The van der Waals surface area contributed by atoms with Crippen LogP contribution in [0.5, 0.6) is 0 Å². The van der Waals surface area contributed by atoms with Crippen molar-refractivity contribution in [2.24, 2.45) is 5.41 Å². The zero-order chi connectivity index (χ0) is 14.0. The summed E-state index contributed by atoms with van der Waals surface area (Å²) in [4.78, 5) is 14.8. The molecule has 18 heavy (non-hydrogen) atoms. The largest absolute Gasteiger partial charge is 0.383 e. The van der Waals surface area contributed by atoms with Gasteiger partial charge in [0.05, 0.1) is 18.1 Å². The van der Waals surface area contributed by atoms with E-state index in [-0.39, 0.29) is 17.5 Å². The molecule has 0 unspecified atom stereocenters. The van der Waals surface area contributed by atoms with Crippen LogP contribution in [0.2, 0.25) is 0 Å². The number of nitrogens with one attached hydrogen (secondary N) is 1. The third kappa shape index (κ3) is 2.69. The van der Waals surface area contributed by atoms with Gasteiger partial charge in [-0.1, -0.05) is 0 Å². The third-order valence-electron chi connectivity index (χ3n) is 4.72. The molecule has 1 rings (SSSR count). The molecule has 4 heteroatoms. The average molecular weight is 256 g/mol. The van der Waals surface area contributed by atoms with Gasteiger partial charge >= 0.3 is 0 Å². The van der Waals surface area contributed by atoms with E-state index in [2.05, 4.69) is 19.2 Å². The maximum absolute atomic E-state index is 12.8. The second-order valence-electron chi connectivity index (χ2n) is 6.25. The molecule has 1 amide bonds. The molecular formula is C14H28N2O2. The molecule has 1 aliphatic heterocycles. The quantitative estimate of drug-likeness (QED) is 0.813. The smallest absolute Gasteiger partial charge is 0.230 e. The third-order valence-corrected chi connectivity index (χ3v) is 4.72. The van der Waals surface area contributed by atoms with Crippen molar-refractivity contribution in [3.05, 3.63) is 0 Å². The number of methoxy groups -OCH3 is 1. The van der Waals surface area contributed by atoms with Crippen molar-refractivity contribution in [3.63, 3.8) is 0 Å². The summed E-state index contributed by atoms with van der Waals surface area (Å²) in [5, 5.41) is 3.25. The fourth-order valence-electron chi connectivity index (χ4n) is 2.41. The second kappa shape index (κ2) is 5.57. The Kier molecular flexibility index (Phi) is 4.78. The van der Waals surface area contributed by atoms with Gasteiger partial charge in [-0.05, 0) is 47.6 Å². The standard InChI is InChI=1S/C14H28N2O2/c1-13(2,14(3,4)15-5)12(17)16-9-7-8-11(16)10-18-6/h11,15H,7-10H2,1-6H3/t11-/m0/s1. The minimum absolute atomic E-state index is 0.224. The van der Waals surface area contributed by atoms with E-state index in [0.717, 1.165) is 19.4 Å². The van der Waals surface area contributed by atoms with E-state index in [4.69, 9.17) is 4.74 Å². The van der Waals surface area contributed by atoms with Crippen LogP contribution >= 0.6 is 0 Å². The summed E-state index contributed by atoms with van der Waals surface area (Å²) in [6.07, 6.45) is 2.13. The lowest BCUT2D eigenvalue weighted by Crippen LogP contribution is -2.58. The Labute approximate surface area is 111 Å². The van der Waals surface area contributed by atoms with Crippen molar-refractivity contribution in [2.45, 2.75) is 52.1 Å². The van der Waals surface area contributed by atoms with Crippen LogP contribution in [0.25, 0.3) is 0 Å². The summed E-state index contributed by atoms with van der Waals surface area (Å²) in [6.45, 7) is 9.69. The minimum Gasteiger partial charge on any atom is -0.383 e. The molecule has 0 bridgehead atoms. The molecule has 1 saturated heterocycles. The Morgan fingerprint density at radius 1 is 1.39 bits per heavy atom. The van der Waals surface area contributed by atoms with Gasteiger partial charge in [-0.3, -0.25) is 4.79 Å². The highest BCUT2D eigenvalue weighted by Gasteiger charge is 2.46. The SMILES string of the molecule is CNC(C)(C)C(C)(C)C(=O)N1CCC[C@H]1COC. The Morgan fingerprint density at radius 3 is 2.50 bits per heavy atom. The van der Waals surface area contributed by atoms with E-state index in [1.54, 1.807) is 7.11 Å². The summed E-state index contributed by atoms with van der Waals surface area (Å²) in [7, 11) is 3.61. The molecule has 1 N–H and O–H groups in total. The fraction of sp³-hybridized carbons (Fsp3) is 0.929. The number of hydrogen-bond acceptors (Lipinski definition) is 3. The maximum Gasteiger partial charge on any atom is 0.230 e. The highest BCUT2D eigenvalue weighted by atomic mass is 16.5. The molecule has 1 aliphatic rings. The van der Waals surface area contributed by atoms with Crippen molar-refractivity contribution in [1.82, 2.24) is 10.2 Å². The van der Waals surface area contributed by atoms with Gasteiger partial charge in [-0.2, -0.15) is 0 Å². The Balaban J connectivity index is 2.86. The molecule has 106 valence electrons. The number of nitrogens with zero attached hydrogens (tertiary/aromatic N) is 1. The molecule has 0 aliphatic carbocycles. The summed E-state index contributed by atoms with van der Waals surface area (Å²) >= 11 is 0. The zero-order valence-corrected chi connectivity index (χ0v) is 12.7. The number of carbonyl (C=O) groups is 1. The molecule has 0 aromatic carbocycles. The number of hydrogen-bond donors (Lipinski definition) is 1. The van der Waals surface area contributed by atoms with Crippen LogP contribution < -0.4 is 5.32 Å². The Morgan fingerprint density at radius 2 is 2.00 bits per heavy atom. The lowest BCUT2D eigenvalue weighted by Gasteiger charge is -2.43. The minimum atomic E-state index is -0.432. The number of carbonyl (C=O) groups excluding carboxylic acids is 1. The molecular weight excluding hydrogens is 228 g/mol. The van der Waals surface area contributed by atoms with Crippen molar-refractivity contribution in [2.75, 3.05) is 27.3 Å². The number of amides is 1. The zero-order valence-electron chi connectivity index (χ0n) is 12.7. The van der Waals surface area contributed by atoms with Gasteiger partial charge < -0.3 is 15.0 Å². The van der Waals surface area contributed by atoms with Crippen LogP contribution in [-0.4, -0.2) is 49.7 Å². The molecule has 1 atom stereocenters. The van der Waals surface area contributed by atoms with Gasteiger partial charge in [0.15, 0.2) is 0 Å².